The van der Waals surface area contributed by atoms with Crippen molar-refractivity contribution in [2.45, 2.75) is 83.0 Å². The van der Waals surface area contributed by atoms with Crippen LogP contribution in [-0.4, -0.2) is 34.6 Å². The lowest BCUT2D eigenvalue weighted by Gasteiger charge is -2.36. The van der Waals surface area contributed by atoms with Gasteiger partial charge in [0.2, 0.25) is 0 Å². The fourth-order valence-corrected chi connectivity index (χ4v) is 6.81. The van der Waals surface area contributed by atoms with Gasteiger partial charge < -0.3 is 9.64 Å². The average Bonchev–Trinajstić information content (AvgIpc) is 3.58. The number of thiophene rings is 1. The standard InChI is InChI=1S/C31H30F6N4O2S/c1-3-40(24-7-5-4-6-8-24)28-21(11-20(16-39-28)25-9-10-44-26(25)15-38)17-41-18(2)27(43-29(41)42)19-12-22(30(32,33)34)14-23(13-19)31(35,36)37/h9-14,16,18,24,27H,3-8,17H2,1-2H3/t18-,27+/m0/s1. The number of anilines is 1. The number of hydrogen-bond acceptors (Lipinski definition) is 6. The van der Waals surface area contributed by atoms with Crippen LogP contribution in [0.2, 0.25) is 0 Å². The van der Waals surface area contributed by atoms with Crippen molar-refractivity contribution in [1.29, 1.82) is 5.26 Å². The maximum absolute atomic E-state index is 13.6. The summed E-state index contributed by atoms with van der Waals surface area (Å²) in [6.07, 6.45) is -5.37. The van der Waals surface area contributed by atoms with Crippen LogP contribution in [-0.2, 0) is 23.6 Å². The Balaban J connectivity index is 1.53. The monoisotopic (exact) mass is 636 g/mol. The molecule has 0 spiro atoms. The minimum Gasteiger partial charge on any atom is -0.439 e. The lowest BCUT2D eigenvalue weighted by molar-refractivity contribution is -0.143. The molecule has 1 aromatic carbocycles. The van der Waals surface area contributed by atoms with Crippen LogP contribution in [0, 0.1) is 11.3 Å². The number of benzene rings is 1. The van der Waals surface area contributed by atoms with Gasteiger partial charge >= 0.3 is 18.4 Å². The lowest BCUT2D eigenvalue weighted by atomic mass is 9.93. The van der Waals surface area contributed by atoms with E-state index in [0.717, 1.165) is 32.1 Å². The van der Waals surface area contributed by atoms with Gasteiger partial charge in [-0.25, -0.2) is 9.78 Å². The molecular formula is C31H30F6N4O2S. The van der Waals surface area contributed by atoms with E-state index in [4.69, 9.17) is 9.72 Å². The van der Waals surface area contributed by atoms with E-state index in [2.05, 4.69) is 11.0 Å². The fraction of sp³-hybridized carbons (Fsp3) is 0.452. The molecule has 13 heteroatoms. The Bertz CT molecular complexity index is 1530. The number of aromatic nitrogens is 1. The molecule has 2 aliphatic rings. The molecule has 5 rings (SSSR count). The zero-order chi connectivity index (χ0) is 31.8. The molecule has 1 aliphatic carbocycles. The summed E-state index contributed by atoms with van der Waals surface area (Å²) in [5, 5.41) is 11.4. The third kappa shape index (κ3) is 6.36. The molecule has 1 saturated carbocycles. The number of carbonyl (C=O) groups is 1. The van der Waals surface area contributed by atoms with Crippen molar-refractivity contribution >= 4 is 23.2 Å². The Morgan fingerprint density at radius 3 is 2.32 bits per heavy atom. The van der Waals surface area contributed by atoms with Crippen LogP contribution in [0.3, 0.4) is 0 Å². The van der Waals surface area contributed by atoms with Crippen LogP contribution in [0.25, 0.3) is 11.1 Å². The highest BCUT2D eigenvalue weighted by Crippen LogP contribution is 2.42. The number of ether oxygens (including phenoxy) is 1. The third-order valence-corrected chi connectivity index (χ3v) is 9.14. The molecule has 44 heavy (non-hydrogen) atoms. The van der Waals surface area contributed by atoms with Crippen LogP contribution < -0.4 is 4.90 Å². The Morgan fingerprint density at radius 1 is 1.07 bits per heavy atom. The van der Waals surface area contributed by atoms with E-state index >= 15 is 0 Å². The number of pyridine rings is 1. The van der Waals surface area contributed by atoms with Gasteiger partial charge in [-0.15, -0.1) is 11.3 Å². The molecule has 0 unspecified atom stereocenters. The minimum absolute atomic E-state index is 0.0486. The maximum atomic E-state index is 13.6. The molecule has 3 aromatic rings. The largest absolute Gasteiger partial charge is 0.439 e. The zero-order valence-electron chi connectivity index (χ0n) is 24.0. The van der Waals surface area contributed by atoms with Gasteiger partial charge in [0.15, 0.2) is 0 Å². The highest BCUT2D eigenvalue weighted by Gasteiger charge is 2.43. The summed E-state index contributed by atoms with van der Waals surface area (Å²) in [5.74, 6) is 0.638. The number of halogens is 6. The third-order valence-electron chi connectivity index (χ3n) is 8.32. The Morgan fingerprint density at radius 2 is 1.73 bits per heavy atom. The molecule has 1 aliphatic heterocycles. The number of nitrogens with zero attached hydrogens (tertiary/aromatic N) is 4. The summed E-state index contributed by atoms with van der Waals surface area (Å²) >= 11 is 1.28. The highest BCUT2D eigenvalue weighted by molar-refractivity contribution is 7.11. The summed E-state index contributed by atoms with van der Waals surface area (Å²) in [4.78, 5) is 22.0. The normalized spacial score (nSPS) is 19.6. The van der Waals surface area contributed by atoms with Crippen molar-refractivity contribution < 1.29 is 35.9 Å². The molecule has 234 valence electrons. The van der Waals surface area contributed by atoms with Crippen molar-refractivity contribution in [3.8, 4) is 17.2 Å². The second kappa shape index (κ2) is 12.3. The van der Waals surface area contributed by atoms with Gasteiger partial charge in [-0.1, -0.05) is 19.3 Å². The van der Waals surface area contributed by atoms with Crippen molar-refractivity contribution in [2.24, 2.45) is 0 Å². The van der Waals surface area contributed by atoms with E-state index < -0.39 is 47.3 Å². The number of nitriles is 1. The van der Waals surface area contributed by atoms with Gasteiger partial charge in [-0.2, -0.15) is 31.6 Å². The van der Waals surface area contributed by atoms with Gasteiger partial charge in [0, 0.05) is 35.5 Å². The molecule has 3 heterocycles. The smallest absolute Gasteiger partial charge is 0.416 e. The van der Waals surface area contributed by atoms with Crippen LogP contribution in [0.1, 0.15) is 79.2 Å². The van der Waals surface area contributed by atoms with E-state index in [1.807, 2.05) is 13.0 Å². The van der Waals surface area contributed by atoms with Gasteiger partial charge in [0.1, 0.15) is 22.9 Å². The van der Waals surface area contributed by atoms with E-state index in [0.29, 0.717) is 46.1 Å². The van der Waals surface area contributed by atoms with E-state index in [9.17, 15) is 36.4 Å². The first-order valence-corrected chi connectivity index (χ1v) is 15.2. The predicted octanol–water partition coefficient (Wildman–Crippen LogP) is 8.96. The van der Waals surface area contributed by atoms with Crippen molar-refractivity contribution in [3.05, 3.63) is 69.0 Å². The predicted molar refractivity (Wildman–Crippen MR) is 153 cm³/mol. The van der Waals surface area contributed by atoms with Gasteiger partial charge in [0.25, 0.3) is 0 Å². The first kappa shape index (κ1) is 31.6. The average molecular weight is 637 g/mol. The lowest BCUT2D eigenvalue weighted by Crippen LogP contribution is -2.39. The number of carbonyl (C=O) groups excluding carboxylic acids is 1. The summed E-state index contributed by atoms with van der Waals surface area (Å²) in [7, 11) is 0. The first-order valence-electron chi connectivity index (χ1n) is 14.3. The molecule has 2 aromatic heterocycles. The number of rotatable bonds is 7. The molecule has 0 bridgehead atoms. The van der Waals surface area contributed by atoms with Crippen LogP contribution in [0.4, 0.5) is 37.0 Å². The topological polar surface area (TPSA) is 69.5 Å². The quantitative estimate of drug-likeness (QED) is 0.242. The van der Waals surface area contributed by atoms with E-state index in [1.54, 1.807) is 17.6 Å². The van der Waals surface area contributed by atoms with Crippen molar-refractivity contribution in [3.63, 3.8) is 0 Å². The summed E-state index contributed by atoms with van der Waals surface area (Å²) in [6, 6.07) is 6.40. The molecule has 0 N–H and O–H groups in total. The number of alkyl halides is 6. The second-order valence-electron chi connectivity index (χ2n) is 11.1. The van der Waals surface area contributed by atoms with Gasteiger partial charge in [-0.3, -0.25) is 4.90 Å². The van der Waals surface area contributed by atoms with Gasteiger partial charge in [0.05, 0.1) is 23.7 Å². The number of amides is 1. The zero-order valence-corrected chi connectivity index (χ0v) is 24.8. The Hall–Kier alpha value is -3.79. The molecular weight excluding hydrogens is 606 g/mol. The summed E-state index contributed by atoms with van der Waals surface area (Å²) in [5.41, 5.74) is -1.37. The molecule has 2 fully saturated rings. The fourth-order valence-electron chi connectivity index (χ4n) is 6.11. The molecule has 1 saturated heterocycles. The highest BCUT2D eigenvalue weighted by atomic mass is 32.1. The van der Waals surface area contributed by atoms with E-state index in [-0.39, 0.29) is 18.7 Å². The van der Waals surface area contributed by atoms with Crippen LogP contribution in [0.15, 0.2) is 41.9 Å². The minimum atomic E-state index is -5.03. The Kier molecular flexibility index (Phi) is 8.84. The van der Waals surface area contributed by atoms with Crippen molar-refractivity contribution in [2.75, 3.05) is 11.4 Å². The summed E-state index contributed by atoms with van der Waals surface area (Å²) in [6.45, 7) is 4.13. The SMILES string of the molecule is CCN(c1ncc(-c2ccsc2C#N)cc1CN1C(=O)O[C@@H](c2cc(C(F)(F)F)cc(C(F)(F)F)c2)[C@@H]1C)C1CCCCC1. The van der Waals surface area contributed by atoms with Crippen LogP contribution in [0.5, 0.6) is 0 Å². The molecule has 6 nitrogen and oxygen atoms in total. The van der Waals surface area contributed by atoms with Crippen molar-refractivity contribution in [1.82, 2.24) is 9.88 Å². The second-order valence-corrected chi connectivity index (χ2v) is 12.0. The summed E-state index contributed by atoms with van der Waals surface area (Å²) < 4.78 is 86.8. The van der Waals surface area contributed by atoms with E-state index in [1.165, 1.54) is 23.2 Å². The van der Waals surface area contributed by atoms with Gasteiger partial charge in [-0.05, 0) is 68.0 Å². The number of hydrogen-bond donors (Lipinski definition) is 0. The van der Waals surface area contributed by atoms with Crippen LogP contribution >= 0.6 is 11.3 Å². The maximum Gasteiger partial charge on any atom is 0.416 e. The molecule has 0 radical (unpaired) electrons. The number of cyclic esters (lactones) is 1. The molecule has 1 amide bonds. The Labute approximate surface area is 254 Å². The first-order chi connectivity index (χ1) is 20.8. The molecule has 2 atom stereocenters.